The van der Waals surface area contributed by atoms with Gasteiger partial charge >= 0.3 is 0 Å². The van der Waals surface area contributed by atoms with Crippen LogP contribution < -0.4 is 0 Å². The molecule has 2 unspecified atom stereocenters. The lowest BCUT2D eigenvalue weighted by atomic mass is 9.94. The number of ether oxygens (including phenoxy) is 2. The molecular formula is C15H25NO4S. The highest BCUT2D eigenvalue weighted by Crippen LogP contribution is 2.33. The lowest BCUT2D eigenvalue weighted by molar-refractivity contribution is -0.168. The van der Waals surface area contributed by atoms with E-state index in [9.17, 15) is 8.42 Å². The van der Waals surface area contributed by atoms with Crippen molar-refractivity contribution in [3.63, 3.8) is 0 Å². The zero-order chi connectivity index (χ0) is 15.7. The molecule has 1 saturated heterocycles. The maximum absolute atomic E-state index is 12.9. The Morgan fingerprint density at radius 2 is 1.76 bits per heavy atom. The number of allylic oxidation sites excluding steroid dienone is 2. The first kappa shape index (κ1) is 16.7. The summed E-state index contributed by atoms with van der Waals surface area (Å²) in [5, 5.41) is 0. The number of methoxy groups -OCH3 is 2. The molecule has 2 aliphatic rings. The molecule has 21 heavy (non-hydrogen) atoms. The molecule has 0 aromatic rings. The molecule has 0 amide bonds. The van der Waals surface area contributed by atoms with E-state index in [4.69, 9.17) is 9.47 Å². The van der Waals surface area contributed by atoms with Crippen LogP contribution in [0.2, 0.25) is 0 Å². The van der Waals surface area contributed by atoms with Gasteiger partial charge in [-0.05, 0) is 30.4 Å². The van der Waals surface area contributed by atoms with Gasteiger partial charge < -0.3 is 9.47 Å². The average Bonchev–Trinajstić information content (AvgIpc) is 2.46. The van der Waals surface area contributed by atoms with E-state index < -0.39 is 15.8 Å². The quantitative estimate of drug-likeness (QED) is 0.746. The Morgan fingerprint density at radius 1 is 1.19 bits per heavy atom. The van der Waals surface area contributed by atoms with E-state index in [1.165, 1.54) is 14.2 Å². The van der Waals surface area contributed by atoms with E-state index in [-0.39, 0.29) is 6.42 Å². The van der Waals surface area contributed by atoms with E-state index >= 15 is 0 Å². The summed E-state index contributed by atoms with van der Waals surface area (Å²) in [5.41, 5.74) is 0. The second kappa shape index (κ2) is 6.20. The van der Waals surface area contributed by atoms with Gasteiger partial charge in [0.15, 0.2) is 5.79 Å². The largest absolute Gasteiger partial charge is 0.349 e. The molecule has 0 spiro atoms. The minimum Gasteiger partial charge on any atom is -0.349 e. The Morgan fingerprint density at radius 3 is 2.29 bits per heavy atom. The van der Waals surface area contributed by atoms with Crippen molar-refractivity contribution in [2.45, 2.75) is 32.5 Å². The second-order valence-corrected chi connectivity index (χ2v) is 8.15. The first-order valence-electron chi connectivity index (χ1n) is 7.32. The topological polar surface area (TPSA) is 55.8 Å². The Labute approximate surface area is 127 Å². The van der Waals surface area contributed by atoms with Crippen molar-refractivity contribution in [2.75, 3.05) is 27.3 Å². The van der Waals surface area contributed by atoms with Crippen molar-refractivity contribution in [3.05, 3.63) is 23.1 Å². The molecule has 0 N–H and O–H groups in total. The molecule has 6 heteroatoms. The second-order valence-electron chi connectivity index (χ2n) is 6.16. The van der Waals surface area contributed by atoms with Crippen LogP contribution in [-0.2, 0) is 19.5 Å². The molecule has 1 aliphatic heterocycles. The van der Waals surface area contributed by atoms with E-state index in [0.717, 1.165) is 6.42 Å². The van der Waals surface area contributed by atoms with Crippen LogP contribution in [0.4, 0.5) is 0 Å². The van der Waals surface area contributed by atoms with Gasteiger partial charge in [0.25, 0.3) is 0 Å². The number of nitrogens with zero attached hydrogens (tertiary/aromatic N) is 1. The summed E-state index contributed by atoms with van der Waals surface area (Å²) in [4.78, 5) is 0.356. The van der Waals surface area contributed by atoms with Gasteiger partial charge in [-0.3, -0.25) is 0 Å². The predicted octanol–water partition coefficient (Wildman–Crippen LogP) is 2.13. The summed E-state index contributed by atoms with van der Waals surface area (Å²) in [6.07, 6.45) is 6.37. The molecule has 120 valence electrons. The maximum atomic E-state index is 12.9. The Hall–Kier alpha value is -0.690. The Balaban J connectivity index is 2.24. The highest BCUT2D eigenvalue weighted by molar-refractivity contribution is 7.93. The normalized spacial score (nSPS) is 30.2. The third kappa shape index (κ3) is 3.39. The number of rotatable bonds is 4. The monoisotopic (exact) mass is 315 g/mol. The lowest BCUT2D eigenvalue weighted by Gasteiger charge is -2.36. The third-order valence-electron chi connectivity index (χ3n) is 4.25. The summed E-state index contributed by atoms with van der Waals surface area (Å²) in [6, 6.07) is 0. The third-order valence-corrected chi connectivity index (χ3v) is 6.17. The van der Waals surface area contributed by atoms with Crippen molar-refractivity contribution >= 4 is 10.0 Å². The van der Waals surface area contributed by atoms with Gasteiger partial charge in [-0.15, -0.1) is 0 Å². The smallest absolute Gasteiger partial charge is 0.239 e. The van der Waals surface area contributed by atoms with E-state index in [0.29, 0.717) is 29.8 Å². The molecule has 5 nitrogen and oxygen atoms in total. The minimum atomic E-state index is -3.46. The fraction of sp³-hybridized carbons (Fsp3) is 0.733. The summed E-state index contributed by atoms with van der Waals surface area (Å²) in [6.45, 7) is 5.37. The summed E-state index contributed by atoms with van der Waals surface area (Å²) in [5.74, 6) is -0.208. The number of sulfonamides is 1. The van der Waals surface area contributed by atoms with Crippen LogP contribution in [0, 0.1) is 11.8 Å². The summed E-state index contributed by atoms with van der Waals surface area (Å²) >= 11 is 0. The number of hydrogen-bond acceptors (Lipinski definition) is 4. The molecule has 0 aromatic heterocycles. The van der Waals surface area contributed by atoms with Crippen molar-refractivity contribution < 1.29 is 17.9 Å². The maximum Gasteiger partial charge on any atom is 0.239 e. The van der Waals surface area contributed by atoms with E-state index in [2.05, 4.69) is 13.8 Å². The molecular weight excluding hydrogens is 290 g/mol. The zero-order valence-electron chi connectivity index (χ0n) is 13.2. The first-order chi connectivity index (χ1) is 9.83. The van der Waals surface area contributed by atoms with E-state index in [1.807, 2.05) is 0 Å². The van der Waals surface area contributed by atoms with Gasteiger partial charge in [-0.25, -0.2) is 8.42 Å². The Kier molecular flexibility index (Phi) is 4.92. The molecule has 2 rings (SSSR count). The minimum absolute atomic E-state index is 0.206. The predicted molar refractivity (Wildman–Crippen MR) is 82.0 cm³/mol. The van der Waals surface area contributed by atoms with Gasteiger partial charge in [0.05, 0.1) is 4.91 Å². The van der Waals surface area contributed by atoms with Crippen LogP contribution in [0.15, 0.2) is 23.1 Å². The van der Waals surface area contributed by atoms with Crippen molar-refractivity contribution in [1.82, 2.24) is 4.31 Å². The average molecular weight is 315 g/mol. The molecule has 0 radical (unpaired) electrons. The van der Waals surface area contributed by atoms with Crippen LogP contribution in [0.5, 0.6) is 0 Å². The first-order valence-corrected chi connectivity index (χ1v) is 8.76. The molecule has 1 fully saturated rings. The number of hydrogen-bond donors (Lipinski definition) is 0. The zero-order valence-corrected chi connectivity index (χ0v) is 14.0. The standard InChI is InChI=1S/C15H25NO4S/c1-12-8-13(2)11-16(10-12)21(17,18)14-6-5-7-15(9-14,19-3)20-4/h5-7,12-13H,8-11H2,1-4H3. The fourth-order valence-electron chi connectivity index (χ4n) is 3.17. The van der Waals surface area contributed by atoms with Crippen molar-refractivity contribution in [3.8, 4) is 0 Å². The molecule has 2 atom stereocenters. The SMILES string of the molecule is COC1(OC)C=CC=C(S(=O)(=O)N2CC(C)CC(C)C2)C1. The van der Waals surface area contributed by atoms with Gasteiger partial charge in [0.2, 0.25) is 10.0 Å². The fourth-order valence-corrected chi connectivity index (χ4v) is 5.04. The number of piperidine rings is 1. The van der Waals surface area contributed by atoms with Crippen LogP contribution in [0.3, 0.4) is 0 Å². The lowest BCUT2D eigenvalue weighted by Crippen LogP contribution is -2.44. The molecule has 0 saturated carbocycles. The molecule has 1 heterocycles. The van der Waals surface area contributed by atoms with Crippen LogP contribution in [0.1, 0.15) is 26.7 Å². The highest BCUT2D eigenvalue weighted by atomic mass is 32.2. The van der Waals surface area contributed by atoms with Crippen LogP contribution in [0.25, 0.3) is 0 Å². The van der Waals surface area contributed by atoms with Crippen molar-refractivity contribution in [1.29, 1.82) is 0 Å². The molecule has 0 aromatic carbocycles. The van der Waals surface area contributed by atoms with Gasteiger partial charge in [0.1, 0.15) is 0 Å². The van der Waals surface area contributed by atoms with Gasteiger partial charge in [-0.2, -0.15) is 4.31 Å². The van der Waals surface area contributed by atoms with Crippen molar-refractivity contribution in [2.24, 2.45) is 11.8 Å². The van der Waals surface area contributed by atoms with E-state index in [1.54, 1.807) is 22.5 Å². The summed E-state index contributed by atoms with van der Waals surface area (Å²) < 4.78 is 38.0. The molecule has 1 aliphatic carbocycles. The van der Waals surface area contributed by atoms with Gasteiger partial charge in [0, 0.05) is 33.7 Å². The Bertz CT molecular complexity index is 524. The summed E-state index contributed by atoms with van der Waals surface area (Å²) in [7, 11) is -0.414. The highest BCUT2D eigenvalue weighted by Gasteiger charge is 2.38. The molecule has 0 bridgehead atoms. The van der Waals surface area contributed by atoms with Crippen LogP contribution >= 0.6 is 0 Å². The van der Waals surface area contributed by atoms with Crippen LogP contribution in [-0.4, -0.2) is 45.8 Å². The van der Waals surface area contributed by atoms with Gasteiger partial charge in [-0.1, -0.05) is 19.9 Å².